The molecule has 0 aliphatic rings. The first-order valence-corrected chi connectivity index (χ1v) is 5.98. The van der Waals surface area contributed by atoms with Gasteiger partial charge >= 0.3 is 15.9 Å². The number of nitrogens with one attached hydrogen (secondary N) is 2. The van der Waals surface area contributed by atoms with Crippen molar-refractivity contribution in [3.63, 3.8) is 0 Å². The second-order valence-electron chi connectivity index (χ2n) is 3.50. The molecule has 0 saturated heterocycles. The van der Waals surface area contributed by atoms with Crippen LogP contribution in [0, 0.1) is 0 Å². The van der Waals surface area contributed by atoms with E-state index in [0.29, 0.717) is 16.6 Å². The summed E-state index contributed by atoms with van der Waals surface area (Å²) in [6.07, 6.45) is 0. The number of H-pyrrole nitrogens is 2. The molecule has 0 aliphatic carbocycles. The van der Waals surface area contributed by atoms with Crippen molar-refractivity contribution in [3.05, 3.63) is 34.2 Å². The molecule has 0 saturated carbocycles. The number of fused-ring (bicyclic) bond motifs is 1. The van der Waals surface area contributed by atoms with Crippen LogP contribution in [-0.2, 0) is 10.2 Å². The second kappa shape index (κ2) is 3.44. The van der Waals surface area contributed by atoms with Gasteiger partial charge < -0.3 is 9.97 Å². The molecule has 2 N–H and O–H groups in total. The van der Waals surface area contributed by atoms with Crippen molar-refractivity contribution in [3.8, 4) is 0 Å². The van der Waals surface area contributed by atoms with Gasteiger partial charge in [0.15, 0.2) is 0 Å². The topological polar surface area (TPSA) is 82.8 Å². The number of imidazole rings is 1. The number of rotatable bonds is 2. The second-order valence-corrected chi connectivity index (χ2v) is 5.16. The molecule has 0 fully saturated rings. The van der Waals surface area contributed by atoms with Gasteiger partial charge in [0.2, 0.25) is 0 Å². The summed E-state index contributed by atoms with van der Waals surface area (Å²) in [6, 6.07) is 4.44. The van der Waals surface area contributed by atoms with E-state index in [0.717, 1.165) is 0 Å². The number of halogens is 1. The molecule has 2 rings (SSSR count). The summed E-state index contributed by atoms with van der Waals surface area (Å²) in [5.74, 6) is 0. The minimum absolute atomic E-state index is 0.297. The van der Waals surface area contributed by atoms with Gasteiger partial charge in [-0.05, 0) is 24.6 Å². The van der Waals surface area contributed by atoms with Crippen LogP contribution in [0.25, 0.3) is 11.0 Å². The van der Waals surface area contributed by atoms with Gasteiger partial charge in [-0.2, -0.15) is 8.42 Å². The van der Waals surface area contributed by atoms with Crippen LogP contribution < -0.4 is 5.69 Å². The third-order valence-electron chi connectivity index (χ3n) is 2.43. The smallest absolute Gasteiger partial charge is 0.306 e. The minimum Gasteiger partial charge on any atom is -0.306 e. The third-order valence-corrected chi connectivity index (χ3v) is 3.55. The van der Waals surface area contributed by atoms with Crippen molar-refractivity contribution in [2.24, 2.45) is 0 Å². The summed E-state index contributed by atoms with van der Waals surface area (Å²) in [4.78, 5) is 15.9. The molecule has 0 bridgehead atoms. The highest BCUT2D eigenvalue weighted by Crippen LogP contribution is 2.24. The van der Waals surface area contributed by atoms with E-state index in [9.17, 15) is 17.1 Å². The van der Waals surface area contributed by atoms with Crippen molar-refractivity contribution < 1.29 is 12.3 Å². The Hall–Kier alpha value is -1.63. The van der Waals surface area contributed by atoms with Crippen LogP contribution in [0.3, 0.4) is 0 Å². The van der Waals surface area contributed by atoms with E-state index in [1.54, 1.807) is 0 Å². The summed E-state index contributed by atoms with van der Waals surface area (Å²) in [6.45, 7) is 1.25. The van der Waals surface area contributed by atoms with Gasteiger partial charge in [0.1, 0.15) is 5.25 Å². The van der Waals surface area contributed by atoms with Gasteiger partial charge in [-0.15, -0.1) is 3.89 Å². The lowest BCUT2D eigenvalue weighted by Gasteiger charge is -2.06. The van der Waals surface area contributed by atoms with Crippen LogP contribution in [0.2, 0.25) is 0 Å². The molecule has 1 heterocycles. The zero-order chi connectivity index (χ0) is 11.9. The minimum atomic E-state index is -4.62. The maximum Gasteiger partial charge on any atom is 0.323 e. The molecule has 86 valence electrons. The Morgan fingerprint density at radius 1 is 1.25 bits per heavy atom. The van der Waals surface area contributed by atoms with Gasteiger partial charge in [-0.25, -0.2) is 4.79 Å². The Morgan fingerprint density at radius 3 is 2.50 bits per heavy atom. The van der Waals surface area contributed by atoms with E-state index in [1.807, 2.05) is 0 Å². The number of hydrogen-bond donors (Lipinski definition) is 2. The van der Waals surface area contributed by atoms with Crippen LogP contribution in [0.15, 0.2) is 23.0 Å². The zero-order valence-corrected chi connectivity index (χ0v) is 9.14. The fourth-order valence-corrected chi connectivity index (χ4v) is 1.94. The molecule has 5 nitrogen and oxygen atoms in total. The predicted molar refractivity (Wildman–Crippen MR) is 57.4 cm³/mol. The van der Waals surface area contributed by atoms with E-state index in [1.165, 1.54) is 25.1 Å². The van der Waals surface area contributed by atoms with E-state index < -0.39 is 15.5 Å². The highest BCUT2D eigenvalue weighted by atomic mass is 32.3. The largest absolute Gasteiger partial charge is 0.323 e. The first-order chi connectivity index (χ1) is 7.38. The standard InChI is InChI=1S/C9H9FN2O3S/c1-5(16(10,14)15)6-2-3-7-8(4-6)12-9(13)11-7/h2-5H,1H3,(H2,11,12,13). The van der Waals surface area contributed by atoms with E-state index in [4.69, 9.17) is 0 Å². The van der Waals surface area contributed by atoms with Crippen LogP contribution in [0.5, 0.6) is 0 Å². The maximum atomic E-state index is 12.8. The fraction of sp³-hybridized carbons (Fsp3) is 0.222. The third kappa shape index (κ3) is 1.85. The van der Waals surface area contributed by atoms with Crippen molar-refractivity contribution in [2.45, 2.75) is 12.2 Å². The van der Waals surface area contributed by atoms with Gasteiger partial charge in [0, 0.05) is 0 Å². The fourth-order valence-electron chi connectivity index (χ4n) is 1.47. The Balaban J connectivity index is 2.59. The molecular weight excluding hydrogens is 235 g/mol. The monoisotopic (exact) mass is 244 g/mol. The lowest BCUT2D eigenvalue weighted by atomic mass is 10.1. The molecular formula is C9H9FN2O3S. The van der Waals surface area contributed by atoms with Crippen molar-refractivity contribution in [2.75, 3.05) is 0 Å². The van der Waals surface area contributed by atoms with Gasteiger partial charge in [-0.3, -0.25) is 0 Å². The van der Waals surface area contributed by atoms with Gasteiger partial charge in [0.25, 0.3) is 0 Å². The Labute approximate surface area is 90.5 Å². The van der Waals surface area contributed by atoms with E-state index in [-0.39, 0.29) is 5.69 Å². The maximum absolute atomic E-state index is 12.8. The number of aromatic amines is 2. The van der Waals surface area contributed by atoms with Gasteiger partial charge in [-0.1, -0.05) is 6.07 Å². The average molecular weight is 244 g/mol. The van der Waals surface area contributed by atoms with Crippen LogP contribution in [-0.4, -0.2) is 18.4 Å². The number of benzene rings is 1. The predicted octanol–water partition coefficient (Wildman–Crippen LogP) is 1.22. The van der Waals surface area contributed by atoms with E-state index in [2.05, 4.69) is 9.97 Å². The van der Waals surface area contributed by atoms with Crippen LogP contribution >= 0.6 is 0 Å². The molecule has 1 atom stereocenters. The normalized spacial score (nSPS) is 14.1. The summed E-state index contributed by atoms with van der Waals surface area (Å²) in [7, 11) is -4.62. The van der Waals surface area contributed by atoms with Gasteiger partial charge in [0.05, 0.1) is 11.0 Å². The van der Waals surface area contributed by atoms with Crippen molar-refractivity contribution >= 4 is 21.3 Å². The quantitative estimate of drug-likeness (QED) is 0.779. The zero-order valence-electron chi connectivity index (χ0n) is 8.32. The van der Waals surface area contributed by atoms with E-state index >= 15 is 0 Å². The Bertz CT molecular complexity index is 686. The summed E-state index contributed by atoms with van der Waals surface area (Å²) in [5.41, 5.74) is 0.920. The molecule has 1 aromatic heterocycles. The molecule has 2 aromatic rings. The Kier molecular flexibility index (Phi) is 2.34. The molecule has 0 aliphatic heterocycles. The van der Waals surface area contributed by atoms with Crippen LogP contribution in [0.4, 0.5) is 3.89 Å². The molecule has 0 spiro atoms. The van der Waals surface area contributed by atoms with Crippen molar-refractivity contribution in [1.82, 2.24) is 9.97 Å². The summed E-state index contributed by atoms with van der Waals surface area (Å²) < 4.78 is 34.2. The molecule has 16 heavy (non-hydrogen) atoms. The SMILES string of the molecule is CC(c1ccc2[nH]c(=O)[nH]c2c1)S(=O)(=O)F. The van der Waals surface area contributed by atoms with Crippen molar-refractivity contribution in [1.29, 1.82) is 0 Å². The molecule has 0 amide bonds. The lowest BCUT2D eigenvalue weighted by molar-refractivity contribution is 0.540. The molecule has 1 aromatic carbocycles. The molecule has 7 heteroatoms. The molecule has 0 radical (unpaired) electrons. The lowest BCUT2D eigenvalue weighted by Crippen LogP contribution is -2.03. The first kappa shape index (κ1) is 10.9. The Morgan fingerprint density at radius 2 is 1.88 bits per heavy atom. The van der Waals surface area contributed by atoms with Crippen LogP contribution in [0.1, 0.15) is 17.7 Å². The summed E-state index contributed by atoms with van der Waals surface area (Å²) in [5, 5.41) is -1.24. The number of hydrogen-bond acceptors (Lipinski definition) is 3. The average Bonchev–Trinajstić information content (AvgIpc) is 2.54. The highest BCUT2D eigenvalue weighted by molar-refractivity contribution is 7.86. The number of aromatic nitrogens is 2. The highest BCUT2D eigenvalue weighted by Gasteiger charge is 2.21. The first-order valence-electron chi connectivity index (χ1n) is 4.53. The summed E-state index contributed by atoms with van der Waals surface area (Å²) >= 11 is 0. The molecule has 1 unspecified atom stereocenters.